The Hall–Kier alpha value is -2.28. The van der Waals surface area contributed by atoms with Gasteiger partial charge in [0.1, 0.15) is 22.6 Å². The number of hydrogen-bond donors (Lipinski definition) is 0. The summed E-state index contributed by atoms with van der Waals surface area (Å²) in [4.78, 5) is 22.5. The van der Waals surface area contributed by atoms with Crippen molar-refractivity contribution in [2.24, 2.45) is 0 Å². The summed E-state index contributed by atoms with van der Waals surface area (Å²) in [7, 11) is 1.59. The van der Waals surface area contributed by atoms with Gasteiger partial charge in [-0.25, -0.2) is 4.79 Å². The van der Waals surface area contributed by atoms with Crippen LogP contribution < -0.4 is 9.47 Å². The second-order valence-electron chi connectivity index (χ2n) is 7.46. The smallest absolute Gasteiger partial charge is 0.410 e. The van der Waals surface area contributed by atoms with Crippen molar-refractivity contribution in [1.82, 2.24) is 14.9 Å². The molecule has 146 valence electrons. The summed E-state index contributed by atoms with van der Waals surface area (Å²) < 4.78 is 16.5. The van der Waals surface area contributed by atoms with E-state index < -0.39 is 5.60 Å². The largest absolute Gasteiger partial charge is 0.497 e. The third-order valence-corrected chi connectivity index (χ3v) is 4.49. The molecule has 0 radical (unpaired) electrons. The highest BCUT2D eigenvalue weighted by atomic mass is 35.5. The molecule has 0 aliphatic carbocycles. The SMILES string of the molecule is COc1ccc2nc(OC3CCN(C(=O)OC(C)(C)C)CC3)nc(Cl)c2c1. The Labute approximate surface area is 163 Å². The van der Waals surface area contributed by atoms with Gasteiger partial charge in [-0.15, -0.1) is 0 Å². The van der Waals surface area contributed by atoms with Crippen LogP contribution in [0.15, 0.2) is 18.2 Å². The maximum Gasteiger partial charge on any atom is 0.410 e. The minimum Gasteiger partial charge on any atom is -0.497 e. The fourth-order valence-electron chi connectivity index (χ4n) is 2.86. The molecule has 2 heterocycles. The molecule has 0 saturated carbocycles. The van der Waals surface area contributed by atoms with E-state index in [4.69, 9.17) is 25.8 Å². The lowest BCUT2D eigenvalue weighted by atomic mass is 10.1. The molecule has 2 aromatic rings. The zero-order valence-corrected chi connectivity index (χ0v) is 16.7. The number of fused-ring (bicyclic) bond motifs is 1. The summed E-state index contributed by atoms with van der Waals surface area (Å²) >= 11 is 6.28. The molecule has 1 aliphatic rings. The number of likely N-dealkylation sites (tertiary alicyclic amines) is 1. The van der Waals surface area contributed by atoms with Gasteiger partial charge in [-0.05, 0) is 39.0 Å². The molecule has 27 heavy (non-hydrogen) atoms. The van der Waals surface area contributed by atoms with E-state index >= 15 is 0 Å². The summed E-state index contributed by atoms with van der Waals surface area (Å²) in [5, 5.41) is 1.03. The Balaban J connectivity index is 1.63. The van der Waals surface area contributed by atoms with Crippen LogP contribution in [-0.4, -0.2) is 52.9 Å². The number of rotatable bonds is 3. The quantitative estimate of drug-likeness (QED) is 0.732. The third kappa shape index (κ3) is 4.91. The van der Waals surface area contributed by atoms with Gasteiger partial charge in [0.05, 0.1) is 12.6 Å². The van der Waals surface area contributed by atoms with E-state index in [1.165, 1.54) is 0 Å². The van der Waals surface area contributed by atoms with Crippen LogP contribution in [0.4, 0.5) is 4.79 Å². The molecule has 1 amide bonds. The van der Waals surface area contributed by atoms with Crippen LogP contribution in [0.2, 0.25) is 5.15 Å². The van der Waals surface area contributed by atoms with E-state index in [2.05, 4.69) is 9.97 Å². The highest BCUT2D eigenvalue weighted by Gasteiger charge is 2.28. The second-order valence-corrected chi connectivity index (χ2v) is 7.82. The molecule has 1 aliphatic heterocycles. The molecule has 7 nitrogen and oxygen atoms in total. The lowest BCUT2D eigenvalue weighted by Crippen LogP contribution is -2.44. The van der Waals surface area contributed by atoms with E-state index in [0.29, 0.717) is 47.7 Å². The molecule has 3 rings (SSSR count). The van der Waals surface area contributed by atoms with Gasteiger partial charge in [0.15, 0.2) is 0 Å². The maximum atomic E-state index is 12.1. The summed E-state index contributed by atoms with van der Waals surface area (Å²) in [6.07, 6.45) is 0.997. The summed E-state index contributed by atoms with van der Waals surface area (Å²) in [5.74, 6) is 0.691. The zero-order chi connectivity index (χ0) is 19.6. The summed E-state index contributed by atoms with van der Waals surface area (Å²) in [6, 6.07) is 5.67. The molecular formula is C19H24ClN3O4. The van der Waals surface area contributed by atoms with Gasteiger partial charge < -0.3 is 19.1 Å². The predicted octanol–water partition coefficient (Wildman–Crippen LogP) is 4.07. The number of halogens is 1. The van der Waals surface area contributed by atoms with Crippen molar-refractivity contribution in [1.29, 1.82) is 0 Å². The van der Waals surface area contributed by atoms with Gasteiger partial charge in [-0.3, -0.25) is 0 Å². The van der Waals surface area contributed by atoms with Crippen LogP contribution in [-0.2, 0) is 4.74 Å². The lowest BCUT2D eigenvalue weighted by molar-refractivity contribution is 0.0119. The Bertz CT molecular complexity index is 830. The predicted molar refractivity (Wildman–Crippen MR) is 103 cm³/mol. The number of hydrogen-bond acceptors (Lipinski definition) is 6. The normalized spacial score (nSPS) is 15.7. The first-order valence-corrected chi connectivity index (χ1v) is 9.29. The molecule has 0 spiro atoms. The summed E-state index contributed by atoms with van der Waals surface area (Å²) in [5.41, 5.74) is 0.194. The van der Waals surface area contributed by atoms with Crippen LogP contribution in [0, 0.1) is 0 Å². The van der Waals surface area contributed by atoms with Crippen LogP contribution in [0.1, 0.15) is 33.6 Å². The highest BCUT2D eigenvalue weighted by Crippen LogP contribution is 2.28. The van der Waals surface area contributed by atoms with E-state index in [1.54, 1.807) is 18.1 Å². The maximum absolute atomic E-state index is 12.1. The van der Waals surface area contributed by atoms with Gasteiger partial charge in [0.2, 0.25) is 0 Å². The molecule has 1 aromatic carbocycles. The average molecular weight is 394 g/mol. The van der Waals surface area contributed by atoms with Gasteiger partial charge in [-0.2, -0.15) is 9.97 Å². The first-order chi connectivity index (χ1) is 12.7. The highest BCUT2D eigenvalue weighted by molar-refractivity contribution is 6.34. The van der Waals surface area contributed by atoms with E-state index in [-0.39, 0.29) is 18.2 Å². The lowest BCUT2D eigenvalue weighted by Gasteiger charge is -2.33. The molecule has 0 unspecified atom stereocenters. The molecule has 8 heteroatoms. The van der Waals surface area contributed by atoms with E-state index in [0.717, 1.165) is 0 Å². The molecule has 0 N–H and O–H groups in total. The second kappa shape index (κ2) is 7.76. The third-order valence-electron chi connectivity index (χ3n) is 4.20. The standard InChI is InChI=1S/C19H24ClN3O4/c1-19(2,3)27-18(24)23-9-7-12(8-10-23)26-17-21-15-6-5-13(25-4)11-14(15)16(20)22-17/h5-6,11-12H,7-10H2,1-4H3. The van der Waals surface area contributed by atoms with Gasteiger partial charge in [0, 0.05) is 31.3 Å². The van der Waals surface area contributed by atoms with Crippen molar-refractivity contribution in [2.45, 2.75) is 45.3 Å². The van der Waals surface area contributed by atoms with E-state index in [9.17, 15) is 4.79 Å². The molecule has 0 bridgehead atoms. The fraction of sp³-hybridized carbons (Fsp3) is 0.526. The Morgan fingerprint density at radius 3 is 2.56 bits per heavy atom. The number of piperidine rings is 1. The molecular weight excluding hydrogens is 370 g/mol. The number of nitrogens with zero attached hydrogens (tertiary/aromatic N) is 3. The molecule has 0 atom stereocenters. The number of amides is 1. The minimum absolute atomic E-state index is 0.0737. The topological polar surface area (TPSA) is 73.8 Å². The average Bonchev–Trinajstić information content (AvgIpc) is 2.60. The fourth-order valence-corrected chi connectivity index (χ4v) is 3.09. The number of ether oxygens (including phenoxy) is 3. The molecule has 1 fully saturated rings. The number of benzene rings is 1. The molecule has 1 aromatic heterocycles. The summed E-state index contributed by atoms with van der Waals surface area (Å²) in [6.45, 7) is 6.71. The number of aromatic nitrogens is 2. The first-order valence-electron chi connectivity index (χ1n) is 8.91. The monoisotopic (exact) mass is 393 g/mol. The number of carbonyl (C=O) groups excluding carboxylic acids is 1. The van der Waals surface area contributed by atoms with Crippen molar-refractivity contribution in [3.05, 3.63) is 23.4 Å². The van der Waals surface area contributed by atoms with Crippen molar-refractivity contribution >= 4 is 28.6 Å². The first kappa shape index (κ1) is 19.5. The van der Waals surface area contributed by atoms with Gasteiger partial charge in [0.25, 0.3) is 0 Å². The Morgan fingerprint density at radius 1 is 1.22 bits per heavy atom. The van der Waals surface area contributed by atoms with Crippen LogP contribution in [0.25, 0.3) is 10.9 Å². The van der Waals surface area contributed by atoms with Crippen LogP contribution in [0.5, 0.6) is 11.8 Å². The zero-order valence-electron chi connectivity index (χ0n) is 16.0. The van der Waals surface area contributed by atoms with Gasteiger partial charge in [-0.1, -0.05) is 11.6 Å². The van der Waals surface area contributed by atoms with Crippen molar-refractivity contribution in [3.8, 4) is 11.8 Å². The Morgan fingerprint density at radius 2 is 1.93 bits per heavy atom. The van der Waals surface area contributed by atoms with Gasteiger partial charge >= 0.3 is 12.1 Å². The van der Waals surface area contributed by atoms with Crippen LogP contribution >= 0.6 is 11.6 Å². The van der Waals surface area contributed by atoms with Crippen LogP contribution in [0.3, 0.4) is 0 Å². The minimum atomic E-state index is -0.497. The number of carbonyl (C=O) groups is 1. The van der Waals surface area contributed by atoms with Crippen molar-refractivity contribution in [3.63, 3.8) is 0 Å². The number of methoxy groups -OCH3 is 1. The van der Waals surface area contributed by atoms with Crippen molar-refractivity contribution < 1.29 is 19.0 Å². The van der Waals surface area contributed by atoms with Crippen molar-refractivity contribution in [2.75, 3.05) is 20.2 Å². The van der Waals surface area contributed by atoms with E-state index in [1.807, 2.05) is 32.9 Å². The molecule has 1 saturated heterocycles. The Kier molecular flexibility index (Phi) is 5.60.